The van der Waals surface area contributed by atoms with Crippen LogP contribution in [0.3, 0.4) is 0 Å². The molecule has 0 spiro atoms. The Morgan fingerprint density at radius 3 is 2.59 bits per heavy atom. The normalized spacial score (nSPS) is 16.4. The fraction of sp³-hybridized carbons (Fsp3) is 0.238. The van der Waals surface area contributed by atoms with Crippen molar-refractivity contribution in [3.63, 3.8) is 0 Å². The molecule has 1 saturated heterocycles. The van der Waals surface area contributed by atoms with Gasteiger partial charge in [0.15, 0.2) is 0 Å². The molecule has 2 aromatic carbocycles. The van der Waals surface area contributed by atoms with E-state index in [2.05, 4.69) is 12.1 Å². The number of rotatable bonds is 5. The van der Waals surface area contributed by atoms with Gasteiger partial charge in [0.1, 0.15) is 16.7 Å². The Kier molecular flexibility index (Phi) is 4.90. The molecule has 2 heterocycles. The van der Waals surface area contributed by atoms with Gasteiger partial charge >= 0.3 is 5.97 Å². The van der Waals surface area contributed by atoms with Gasteiger partial charge in [-0.15, -0.1) is 0 Å². The summed E-state index contributed by atoms with van der Waals surface area (Å²) in [5, 5.41) is 1.48. The van der Waals surface area contributed by atoms with Crippen LogP contribution in [0.1, 0.15) is 6.42 Å². The standard InChI is InChI=1S/C21H19NO4S/c1-24-14-10-16-20(17(11-14)25-2)15(13-6-4-3-5-7-13)12-19(22-16)27-18-8-9-26-21(18)23/h3-7,10-12,18H,8-9H2,1-2H3/t18-/m1/s1. The molecule has 0 bridgehead atoms. The number of cyclic esters (lactones) is 1. The topological polar surface area (TPSA) is 57.7 Å². The minimum absolute atomic E-state index is 0.175. The van der Waals surface area contributed by atoms with Crippen molar-refractivity contribution in [3.8, 4) is 22.6 Å². The summed E-state index contributed by atoms with van der Waals surface area (Å²) < 4.78 is 16.1. The second-order valence-electron chi connectivity index (χ2n) is 6.16. The Morgan fingerprint density at radius 1 is 1.11 bits per heavy atom. The number of benzene rings is 2. The quantitative estimate of drug-likeness (QED) is 0.613. The number of carbonyl (C=O) groups is 1. The summed E-state index contributed by atoms with van der Waals surface area (Å²) in [4.78, 5) is 16.7. The van der Waals surface area contributed by atoms with Gasteiger partial charge in [0.05, 0.1) is 36.8 Å². The molecule has 1 atom stereocenters. The van der Waals surface area contributed by atoms with E-state index in [1.54, 1.807) is 14.2 Å². The second-order valence-corrected chi connectivity index (χ2v) is 7.38. The van der Waals surface area contributed by atoms with Gasteiger partial charge in [-0.1, -0.05) is 42.1 Å². The van der Waals surface area contributed by atoms with Crippen molar-refractivity contribution in [3.05, 3.63) is 48.5 Å². The van der Waals surface area contributed by atoms with Crippen LogP contribution in [0.15, 0.2) is 53.6 Å². The Balaban J connectivity index is 1.92. The molecule has 5 nitrogen and oxygen atoms in total. The molecular weight excluding hydrogens is 362 g/mol. The number of nitrogens with zero attached hydrogens (tertiary/aromatic N) is 1. The molecule has 1 aliphatic heterocycles. The lowest BCUT2D eigenvalue weighted by Gasteiger charge is -2.15. The number of carbonyl (C=O) groups excluding carboxylic acids is 1. The van der Waals surface area contributed by atoms with Crippen LogP contribution in [0.4, 0.5) is 0 Å². The van der Waals surface area contributed by atoms with Crippen LogP contribution in [-0.2, 0) is 9.53 Å². The molecule has 138 valence electrons. The number of pyridine rings is 1. The first-order valence-electron chi connectivity index (χ1n) is 8.65. The molecule has 1 aromatic heterocycles. The van der Waals surface area contributed by atoms with Crippen LogP contribution in [0, 0.1) is 0 Å². The highest BCUT2D eigenvalue weighted by Gasteiger charge is 2.28. The van der Waals surface area contributed by atoms with Crippen LogP contribution in [-0.4, -0.2) is 37.0 Å². The summed E-state index contributed by atoms with van der Waals surface area (Å²) in [5.41, 5.74) is 2.83. The maximum atomic E-state index is 11.9. The predicted octanol–water partition coefficient (Wildman–Crippen LogP) is 4.33. The third kappa shape index (κ3) is 3.45. The Morgan fingerprint density at radius 2 is 1.93 bits per heavy atom. The highest BCUT2D eigenvalue weighted by molar-refractivity contribution is 8.00. The third-order valence-electron chi connectivity index (χ3n) is 4.51. The van der Waals surface area contributed by atoms with Gasteiger partial charge in [0.25, 0.3) is 0 Å². The lowest BCUT2D eigenvalue weighted by molar-refractivity contribution is -0.137. The smallest absolute Gasteiger partial charge is 0.319 e. The van der Waals surface area contributed by atoms with Gasteiger partial charge in [0, 0.05) is 18.6 Å². The Labute approximate surface area is 161 Å². The minimum Gasteiger partial charge on any atom is -0.497 e. The Hall–Kier alpha value is -2.73. The molecule has 0 aliphatic carbocycles. The molecule has 0 N–H and O–H groups in total. The van der Waals surface area contributed by atoms with E-state index >= 15 is 0 Å². The average Bonchev–Trinajstić information content (AvgIpc) is 3.11. The van der Waals surface area contributed by atoms with Gasteiger partial charge in [-0.05, 0) is 17.2 Å². The van der Waals surface area contributed by atoms with Crippen LogP contribution in [0.25, 0.3) is 22.0 Å². The van der Waals surface area contributed by atoms with Crippen molar-refractivity contribution in [2.24, 2.45) is 0 Å². The fourth-order valence-electron chi connectivity index (χ4n) is 3.20. The fourth-order valence-corrected chi connectivity index (χ4v) is 4.20. The molecule has 1 aliphatic rings. The zero-order valence-corrected chi connectivity index (χ0v) is 15.9. The third-order valence-corrected chi connectivity index (χ3v) is 5.68. The molecule has 1 fully saturated rings. The summed E-state index contributed by atoms with van der Waals surface area (Å²) in [6.45, 7) is 0.470. The van der Waals surface area contributed by atoms with Gasteiger partial charge in [0.2, 0.25) is 0 Å². The molecule has 0 amide bonds. The monoisotopic (exact) mass is 381 g/mol. The van der Waals surface area contributed by atoms with E-state index in [1.165, 1.54) is 11.8 Å². The zero-order chi connectivity index (χ0) is 18.8. The molecule has 0 saturated carbocycles. The first kappa shape index (κ1) is 17.7. The lowest BCUT2D eigenvalue weighted by atomic mass is 10.0. The molecular formula is C21H19NO4S. The lowest BCUT2D eigenvalue weighted by Crippen LogP contribution is -2.09. The number of hydrogen-bond donors (Lipinski definition) is 0. The van der Waals surface area contributed by atoms with Crippen LogP contribution in [0.5, 0.6) is 11.5 Å². The van der Waals surface area contributed by atoms with E-state index in [9.17, 15) is 4.79 Å². The van der Waals surface area contributed by atoms with Gasteiger partial charge < -0.3 is 14.2 Å². The van der Waals surface area contributed by atoms with Crippen molar-refractivity contribution in [2.75, 3.05) is 20.8 Å². The number of ether oxygens (including phenoxy) is 3. The van der Waals surface area contributed by atoms with Crippen molar-refractivity contribution in [2.45, 2.75) is 16.7 Å². The number of methoxy groups -OCH3 is 2. The van der Waals surface area contributed by atoms with Crippen molar-refractivity contribution in [1.29, 1.82) is 0 Å². The highest BCUT2D eigenvalue weighted by Crippen LogP contribution is 2.40. The molecule has 4 rings (SSSR count). The minimum atomic E-state index is -0.217. The van der Waals surface area contributed by atoms with Crippen LogP contribution < -0.4 is 9.47 Å². The summed E-state index contributed by atoms with van der Waals surface area (Å²) in [6, 6.07) is 15.9. The second kappa shape index (κ2) is 7.48. The van der Waals surface area contributed by atoms with Crippen molar-refractivity contribution in [1.82, 2.24) is 4.98 Å². The molecule has 0 radical (unpaired) electrons. The number of fused-ring (bicyclic) bond motifs is 1. The molecule has 6 heteroatoms. The van der Waals surface area contributed by atoms with E-state index < -0.39 is 0 Å². The summed E-state index contributed by atoms with van der Waals surface area (Å²) >= 11 is 1.44. The number of esters is 1. The maximum absolute atomic E-state index is 11.9. The zero-order valence-electron chi connectivity index (χ0n) is 15.1. The van der Waals surface area contributed by atoms with Gasteiger partial charge in [-0.25, -0.2) is 4.98 Å². The number of thioether (sulfide) groups is 1. The largest absolute Gasteiger partial charge is 0.497 e. The van der Waals surface area contributed by atoms with Crippen LogP contribution >= 0.6 is 11.8 Å². The van der Waals surface area contributed by atoms with E-state index in [-0.39, 0.29) is 11.2 Å². The molecule has 0 unspecified atom stereocenters. The van der Waals surface area contributed by atoms with Crippen LogP contribution in [0.2, 0.25) is 0 Å². The summed E-state index contributed by atoms with van der Waals surface area (Å²) in [6.07, 6.45) is 0.700. The molecule has 3 aromatic rings. The van der Waals surface area contributed by atoms with Crippen molar-refractivity contribution < 1.29 is 19.0 Å². The van der Waals surface area contributed by atoms with E-state index in [1.807, 2.05) is 36.4 Å². The predicted molar refractivity (Wildman–Crippen MR) is 106 cm³/mol. The summed E-state index contributed by atoms with van der Waals surface area (Å²) in [7, 11) is 3.26. The Bertz CT molecular complexity index is 990. The number of aromatic nitrogens is 1. The number of hydrogen-bond acceptors (Lipinski definition) is 6. The van der Waals surface area contributed by atoms with Gasteiger partial charge in [-0.2, -0.15) is 0 Å². The van der Waals surface area contributed by atoms with E-state index in [4.69, 9.17) is 19.2 Å². The maximum Gasteiger partial charge on any atom is 0.319 e. The molecule has 27 heavy (non-hydrogen) atoms. The van der Waals surface area contributed by atoms with E-state index in [0.717, 1.165) is 27.1 Å². The van der Waals surface area contributed by atoms with Gasteiger partial charge in [-0.3, -0.25) is 4.79 Å². The first-order valence-corrected chi connectivity index (χ1v) is 9.53. The van der Waals surface area contributed by atoms with Crippen molar-refractivity contribution >= 4 is 28.6 Å². The highest BCUT2D eigenvalue weighted by atomic mass is 32.2. The van der Waals surface area contributed by atoms with E-state index in [0.29, 0.717) is 24.5 Å². The average molecular weight is 381 g/mol. The first-order chi connectivity index (χ1) is 13.2. The summed E-state index contributed by atoms with van der Waals surface area (Å²) in [5.74, 6) is 1.20. The SMILES string of the molecule is COc1cc(OC)c2c(-c3ccccc3)cc(S[C@@H]3CCOC3=O)nc2c1.